The van der Waals surface area contributed by atoms with E-state index in [9.17, 15) is 0 Å². The molecule has 3 nitrogen and oxygen atoms in total. The number of piperidine rings is 1. The van der Waals surface area contributed by atoms with Crippen molar-refractivity contribution < 1.29 is 0 Å². The van der Waals surface area contributed by atoms with Crippen LogP contribution in [0.5, 0.6) is 0 Å². The van der Waals surface area contributed by atoms with Crippen molar-refractivity contribution >= 4 is 17.2 Å². The fraction of sp³-hybridized carbons (Fsp3) is 0.889. The number of nitrogens with zero attached hydrogens (tertiary/aromatic N) is 2. The summed E-state index contributed by atoms with van der Waals surface area (Å²) in [5, 5.41) is 0. The van der Waals surface area contributed by atoms with Crippen LogP contribution in [0.3, 0.4) is 0 Å². The van der Waals surface area contributed by atoms with Crippen LogP contribution in [-0.4, -0.2) is 54.6 Å². The molecule has 2 N–H and O–H groups in total. The molecule has 1 heterocycles. The SMILES string of the molecule is CN1CCC(C(N)=S)(N(C)C)CC1. The van der Waals surface area contributed by atoms with Crippen molar-refractivity contribution in [2.75, 3.05) is 34.2 Å². The van der Waals surface area contributed by atoms with Gasteiger partial charge in [-0.2, -0.15) is 0 Å². The van der Waals surface area contributed by atoms with Crippen molar-refractivity contribution in [3.8, 4) is 0 Å². The van der Waals surface area contributed by atoms with Crippen LogP contribution in [0.25, 0.3) is 0 Å². The number of likely N-dealkylation sites (tertiary alicyclic amines) is 1. The fourth-order valence-electron chi connectivity index (χ4n) is 1.90. The first kappa shape index (κ1) is 10.9. The first-order valence-corrected chi connectivity index (χ1v) is 5.06. The molecule has 0 atom stereocenters. The summed E-state index contributed by atoms with van der Waals surface area (Å²) >= 11 is 5.16. The third kappa shape index (κ3) is 2.00. The lowest BCUT2D eigenvalue weighted by Gasteiger charge is -2.44. The zero-order valence-electron chi connectivity index (χ0n) is 8.71. The Bertz CT molecular complexity index is 195. The van der Waals surface area contributed by atoms with Crippen LogP contribution in [-0.2, 0) is 0 Å². The van der Waals surface area contributed by atoms with E-state index in [0.717, 1.165) is 25.9 Å². The largest absolute Gasteiger partial charge is 0.392 e. The quantitative estimate of drug-likeness (QED) is 0.651. The molecule has 0 aromatic heterocycles. The molecule has 0 aromatic carbocycles. The van der Waals surface area contributed by atoms with Gasteiger partial charge in [-0.1, -0.05) is 12.2 Å². The van der Waals surface area contributed by atoms with E-state index in [2.05, 4.69) is 30.9 Å². The Balaban J connectivity index is 2.75. The van der Waals surface area contributed by atoms with Gasteiger partial charge in [0, 0.05) is 13.1 Å². The number of hydrogen-bond acceptors (Lipinski definition) is 3. The molecule has 1 aliphatic heterocycles. The minimum absolute atomic E-state index is 0.0398. The third-order valence-corrected chi connectivity index (χ3v) is 3.51. The standard InChI is InChI=1S/C9H19N3S/c1-11(2)9(8(10)13)4-6-12(3)7-5-9/h4-7H2,1-3H3,(H2,10,13). The summed E-state index contributed by atoms with van der Waals surface area (Å²) in [7, 11) is 6.26. The van der Waals surface area contributed by atoms with Crippen molar-refractivity contribution in [3.63, 3.8) is 0 Å². The van der Waals surface area contributed by atoms with Crippen molar-refractivity contribution in [3.05, 3.63) is 0 Å². The monoisotopic (exact) mass is 201 g/mol. The van der Waals surface area contributed by atoms with Crippen LogP contribution in [0.2, 0.25) is 0 Å². The summed E-state index contributed by atoms with van der Waals surface area (Å²) < 4.78 is 0. The highest BCUT2D eigenvalue weighted by atomic mass is 32.1. The van der Waals surface area contributed by atoms with Crippen molar-refractivity contribution in [1.29, 1.82) is 0 Å². The molecule has 0 spiro atoms. The Morgan fingerprint density at radius 3 is 2.15 bits per heavy atom. The highest BCUT2D eigenvalue weighted by Gasteiger charge is 2.38. The summed E-state index contributed by atoms with van der Waals surface area (Å²) in [5.41, 5.74) is 5.78. The van der Waals surface area contributed by atoms with E-state index in [1.54, 1.807) is 0 Å². The predicted octanol–water partition coefficient (Wildman–Crippen LogP) is 0.299. The van der Waals surface area contributed by atoms with Crippen LogP contribution in [0, 0.1) is 0 Å². The Kier molecular flexibility index (Phi) is 3.27. The molecule has 4 heteroatoms. The van der Waals surface area contributed by atoms with Crippen LogP contribution in [0.15, 0.2) is 0 Å². The van der Waals surface area contributed by atoms with Gasteiger partial charge >= 0.3 is 0 Å². The van der Waals surface area contributed by atoms with Gasteiger partial charge in [0.1, 0.15) is 0 Å². The zero-order chi connectivity index (χ0) is 10.1. The molecule has 0 unspecified atom stereocenters. The van der Waals surface area contributed by atoms with E-state index in [1.807, 2.05) is 0 Å². The molecular formula is C9H19N3S. The average molecular weight is 201 g/mol. The Morgan fingerprint density at radius 2 is 1.85 bits per heavy atom. The number of rotatable bonds is 2. The molecule has 0 aromatic rings. The van der Waals surface area contributed by atoms with E-state index in [1.165, 1.54) is 0 Å². The second-order valence-corrected chi connectivity index (χ2v) is 4.53. The maximum atomic E-state index is 5.82. The molecule has 0 amide bonds. The summed E-state index contributed by atoms with van der Waals surface area (Å²) in [6, 6.07) is 0. The smallest absolute Gasteiger partial charge is 0.0934 e. The normalized spacial score (nSPS) is 23.4. The van der Waals surface area contributed by atoms with Gasteiger partial charge < -0.3 is 10.6 Å². The van der Waals surface area contributed by atoms with Gasteiger partial charge in [-0.15, -0.1) is 0 Å². The van der Waals surface area contributed by atoms with E-state index < -0.39 is 0 Å². The van der Waals surface area contributed by atoms with E-state index in [4.69, 9.17) is 18.0 Å². The maximum Gasteiger partial charge on any atom is 0.0934 e. The van der Waals surface area contributed by atoms with Crippen molar-refractivity contribution in [1.82, 2.24) is 9.80 Å². The zero-order valence-corrected chi connectivity index (χ0v) is 9.52. The lowest BCUT2D eigenvalue weighted by molar-refractivity contribution is 0.123. The maximum absolute atomic E-state index is 5.82. The van der Waals surface area contributed by atoms with Crippen LogP contribution in [0.1, 0.15) is 12.8 Å². The summed E-state index contributed by atoms with van der Waals surface area (Å²) in [4.78, 5) is 5.13. The molecule has 0 saturated carbocycles. The number of nitrogens with two attached hydrogens (primary N) is 1. The lowest BCUT2D eigenvalue weighted by atomic mass is 9.86. The minimum Gasteiger partial charge on any atom is -0.392 e. The lowest BCUT2D eigenvalue weighted by Crippen LogP contribution is -2.58. The van der Waals surface area contributed by atoms with Crippen molar-refractivity contribution in [2.24, 2.45) is 5.73 Å². The molecule has 1 rings (SSSR count). The van der Waals surface area contributed by atoms with Crippen LogP contribution in [0.4, 0.5) is 0 Å². The molecule has 1 aliphatic rings. The minimum atomic E-state index is -0.0398. The first-order valence-electron chi connectivity index (χ1n) is 4.65. The summed E-state index contributed by atoms with van der Waals surface area (Å²) in [5.74, 6) is 0. The summed E-state index contributed by atoms with van der Waals surface area (Å²) in [6.45, 7) is 2.16. The number of hydrogen-bond donors (Lipinski definition) is 1. The van der Waals surface area contributed by atoms with Gasteiger partial charge in [-0.05, 0) is 34.0 Å². The van der Waals surface area contributed by atoms with Gasteiger partial charge in [0.15, 0.2) is 0 Å². The molecule has 0 bridgehead atoms. The second kappa shape index (κ2) is 3.90. The van der Waals surface area contributed by atoms with Crippen LogP contribution < -0.4 is 5.73 Å². The van der Waals surface area contributed by atoms with E-state index in [-0.39, 0.29) is 5.54 Å². The highest BCUT2D eigenvalue weighted by Crippen LogP contribution is 2.26. The summed E-state index contributed by atoms with van der Waals surface area (Å²) in [6.07, 6.45) is 2.09. The molecule has 13 heavy (non-hydrogen) atoms. The van der Waals surface area contributed by atoms with Gasteiger partial charge in [-0.3, -0.25) is 4.90 Å². The molecular weight excluding hydrogens is 182 g/mol. The van der Waals surface area contributed by atoms with Gasteiger partial charge in [0.25, 0.3) is 0 Å². The topological polar surface area (TPSA) is 32.5 Å². The highest BCUT2D eigenvalue weighted by molar-refractivity contribution is 7.80. The van der Waals surface area contributed by atoms with Gasteiger partial charge in [-0.25, -0.2) is 0 Å². The number of thiocarbonyl (C=S) groups is 1. The molecule has 76 valence electrons. The van der Waals surface area contributed by atoms with E-state index in [0.29, 0.717) is 4.99 Å². The average Bonchev–Trinajstić information content (AvgIpc) is 2.04. The molecule has 1 fully saturated rings. The predicted molar refractivity (Wildman–Crippen MR) is 59.9 cm³/mol. The molecule has 0 aliphatic carbocycles. The van der Waals surface area contributed by atoms with E-state index >= 15 is 0 Å². The van der Waals surface area contributed by atoms with Crippen LogP contribution >= 0.6 is 12.2 Å². The Labute approximate surface area is 85.9 Å². The van der Waals surface area contributed by atoms with Crippen molar-refractivity contribution in [2.45, 2.75) is 18.4 Å². The Hall–Kier alpha value is -0.190. The fourth-order valence-corrected chi connectivity index (χ4v) is 2.29. The number of likely N-dealkylation sites (N-methyl/N-ethyl adjacent to an activating group) is 1. The second-order valence-electron chi connectivity index (χ2n) is 4.09. The van der Waals surface area contributed by atoms with Gasteiger partial charge in [0.2, 0.25) is 0 Å². The third-order valence-electron chi connectivity index (χ3n) is 3.13. The molecule has 1 saturated heterocycles. The molecule has 0 radical (unpaired) electrons. The Morgan fingerprint density at radius 1 is 1.38 bits per heavy atom. The van der Waals surface area contributed by atoms with Gasteiger partial charge in [0.05, 0.1) is 10.5 Å². The first-order chi connectivity index (χ1) is 5.99.